The molecule has 19 heavy (non-hydrogen) atoms. The number of non-ortho nitro benzene ring substituents is 1. The average molecular weight is 285 g/mol. The highest BCUT2D eigenvalue weighted by atomic mass is 35.5. The Morgan fingerprint density at radius 2 is 2.05 bits per heavy atom. The molecule has 100 valence electrons. The largest absolute Gasteiger partial charge is 0.496 e. The number of hydrogen-bond donors (Lipinski definition) is 1. The maximum Gasteiger partial charge on any atom is 0.269 e. The summed E-state index contributed by atoms with van der Waals surface area (Å²) in [6.45, 7) is 0. The number of alkyl halides is 1. The van der Waals surface area contributed by atoms with Crippen molar-refractivity contribution in [2.75, 3.05) is 7.11 Å². The van der Waals surface area contributed by atoms with E-state index in [2.05, 4.69) is 5.32 Å². The number of rotatable bonds is 3. The number of nitro benzene ring substituents is 1. The Labute approximate surface area is 112 Å². The number of benzene rings is 1. The molecule has 2 atom stereocenters. The number of ether oxygens (including phenoxy) is 1. The van der Waals surface area contributed by atoms with Gasteiger partial charge in [-0.2, -0.15) is 0 Å². The van der Waals surface area contributed by atoms with Crippen molar-refractivity contribution in [3.8, 4) is 5.75 Å². The van der Waals surface area contributed by atoms with Crippen molar-refractivity contribution in [2.24, 2.45) is 0 Å². The molecular formula is C11H9ClN2O5. The lowest BCUT2D eigenvalue weighted by atomic mass is 9.95. The van der Waals surface area contributed by atoms with Crippen molar-refractivity contribution < 1.29 is 19.2 Å². The number of methoxy groups -OCH3 is 1. The minimum atomic E-state index is -1.11. The van der Waals surface area contributed by atoms with Gasteiger partial charge in [-0.05, 0) is 6.07 Å². The third-order valence-electron chi connectivity index (χ3n) is 2.83. The summed E-state index contributed by atoms with van der Waals surface area (Å²) in [5.41, 5.74) is 0.0202. The molecule has 1 aliphatic heterocycles. The minimum absolute atomic E-state index is 0.202. The molecule has 0 aliphatic carbocycles. The molecule has 2 unspecified atom stereocenters. The van der Waals surface area contributed by atoms with E-state index in [9.17, 15) is 19.7 Å². The number of nitro groups is 1. The SMILES string of the molecule is COc1ccc([N+](=O)[O-])cc1C1C(=O)NC(=O)C1Cl. The van der Waals surface area contributed by atoms with Crippen LogP contribution in [0.1, 0.15) is 11.5 Å². The van der Waals surface area contributed by atoms with Crippen molar-refractivity contribution in [3.63, 3.8) is 0 Å². The predicted molar refractivity (Wildman–Crippen MR) is 65.2 cm³/mol. The first-order chi connectivity index (χ1) is 8.95. The summed E-state index contributed by atoms with van der Waals surface area (Å²) in [5.74, 6) is -1.94. The average Bonchev–Trinajstić information content (AvgIpc) is 2.62. The second-order valence-corrected chi connectivity index (χ2v) is 4.39. The number of nitrogens with one attached hydrogen (secondary N) is 1. The van der Waals surface area contributed by atoms with Gasteiger partial charge in [-0.3, -0.25) is 25.0 Å². The second kappa shape index (κ2) is 4.85. The van der Waals surface area contributed by atoms with Crippen LogP contribution in [-0.4, -0.2) is 29.2 Å². The Hall–Kier alpha value is -2.15. The molecule has 1 fully saturated rings. The Kier molecular flexibility index (Phi) is 3.39. The Morgan fingerprint density at radius 3 is 2.53 bits per heavy atom. The number of carbonyl (C=O) groups is 2. The van der Waals surface area contributed by atoms with Crippen molar-refractivity contribution in [3.05, 3.63) is 33.9 Å². The van der Waals surface area contributed by atoms with E-state index in [1.54, 1.807) is 0 Å². The topological polar surface area (TPSA) is 98.5 Å². The molecule has 2 rings (SSSR count). The lowest BCUT2D eigenvalue weighted by Crippen LogP contribution is -2.22. The molecule has 1 N–H and O–H groups in total. The van der Waals surface area contributed by atoms with Crippen LogP contribution in [0, 0.1) is 10.1 Å². The van der Waals surface area contributed by atoms with Crippen LogP contribution in [-0.2, 0) is 9.59 Å². The highest BCUT2D eigenvalue weighted by Crippen LogP contribution is 2.36. The van der Waals surface area contributed by atoms with E-state index in [4.69, 9.17) is 16.3 Å². The van der Waals surface area contributed by atoms with E-state index in [1.807, 2.05) is 0 Å². The molecule has 0 spiro atoms. The zero-order valence-electron chi connectivity index (χ0n) is 9.75. The molecule has 8 heteroatoms. The number of imide groups is 1. The van der Waals surface area contributed by atoms with E-state index in [0.29, 0.717) is 0 Å². The number of amides is 2. The number of carbonyl (C=O) groups excluding carboxylic acids is 2. The van der Waals surface area contributed by atoms with Crippen molar-refractivity contribution >= 4 is 29.1 Å². The molecule has 1 aliphatic rings. The number of hydrogen-bond acceptors (Lipinski definition) is 5. The van der Waals surface area contributed by atoms with Gasteiger partial charge in [-0.1, -0.05) is 0 Å². The summed E-state index contributed by atoms with van der Waals surface area (Å²) >= 11 is 5.86. The zero-order valence-corrected chi connectivity index (χ0v) is 10.5. The van der Waals surface area contributed by atoms with Gasteiger partial charge < -0.3 is 4.74 Å². The van der Waals surface area contributed by atoms with E-state index >= 15 is 0 Å². The summed E-state index contributed by atoms with van der Waals surface area (Å²) in [5, 5.41) is 11.7. The summed E-state index contributed by atoms with van der Waals surface area (Å²) in [6, 6.07) is 3.81. The van der Waals surface area contributed by atoms with Crippen molar-refractivity contribution in [1.29, 1.82) is 0 Å². The van der Waals surface area contributed by atoms with Gasteiger partial charge in [0.2, 0.25) is 11.8 Å². The minimum Gasteiger partial charge on any atom is -0.496 e. The van der Waals surface area contributed by atoms with E-state index < -0.39 is 28.0 Å². The second-order valence-electron chi connectivity index (χ2n) is 3.92. The van der Waals surface area contributed by atoms with Gasteiger partial charge in [-0.15, -0.1) is 11.6 Å². The Bertz CT molecular complexity index is 574. The van der Waals surface area contributed by atoms with Crippen molar-refractivity contribution in [1.82, 2.24) is 5.32 Å². The van der Waals surface area contributed by atoms with Crippen LogP contribution >= 0.6 is 11.6 Å². The normalized spacial score (nSPS) is 22.2. The first kappa shape index (κ1) is 13.3. The summed E-state index contributed by atoms with van der Waals surface area (Å²) < 4.78 is 5.05. The van der Waals surface area contributed by atoms with Gasteiger partial charge >= 0.3 is 0 Å². The van der Waals surface area contributed by atoms with Crippen LogP contribution in [0.25, 0.3) is 0 Å². The van der Waals surface area contributed by atoms with Crippen LogP contribution in [0.15, 0.2) is 18.2 Å². The summed E-state index contributed by atoms with van der Waals surface area (Å²) in [6.07, 6.45) is 0. The van der Waals surface area contributed by atoms with Gasteiger partial charge in [0.25, 0.3) is 5.69 Å². The van der Waals surface area contributed by atoms with Gasteiger partial charge in [-0.25, -0.2) is 0 Å². The quantitative estimate of drug-likeness (QED) is 0.386. The molecule has 1 aromatic rings. The first-order valence-corrected chi connectivity index (χ1v) is 5.70. The Morgan fingerprint density at radius 1 is 1.37 bits per heavy atom. The Balaban J connectivity index is 2.53. The van der Waals surface area contributed by atoms with E-state index in [-0.39, 0.29) is 17.0 Å². The van der Waals surface area contributed by atoms with Crippen LogP contribution in [0.5, 0.6) is 5.75 Å². The van der Waals surface area contributed by atoms with Crippen LogP contribution < -0.4 is 10.1 Å². The zero-order chi connectivity index (χ0) is 14.2. The molecule has 0 aromatic heterocycles. The first-order valence-electron chi connectivity index (χ1n) is 5.26. The fraction of sp³-hybridized carbons (Fsp3) is 0.273. The molecular weight excluding hydrogens is 276 g/mol. The lowest BCUT2D eigenvalue weighted by molar-refractivity contribution is -0.384. The van der Waals surface area contributed by atoms with Crippen LogP contribution in [0.4, 0.5) is 5.69 Å². The molecule has 0 bridgehead atoms. The fourth-order valence-electron chi connectivity index (χ4n) is 1.93. The molecule has 1 heterocycles. The maximum atomic E-state index is 11.7. The molecule has 1 aromatic carbocycles. The predicted octanol–water partition coefficient (Wildman–Crippen LogP) is 0.951. The monoisotopic (exact) mass is 284 g/mol. The van der Waals surface area contributed by atoms with Crippen LogP contribution in [0.2, 0.25) is 0 Å². The number of nitrogens with zero attached hydrogens (tertiary/aromatic N) is 1. The third-order valence-corrected chi connectivity index (χ3v) is 3.28. The van der Waals surface area contributed by atoms with Gasteiger partial charge in [0.1, 0.15) is 11.1 Å². The lowest BCUT2D eigenvalue weighted by Gasteiger charge is -2.14. The van der Waals surface area contributed by atoms with Gasteiger partial charge in [0.05, 0.1) is 18.0 Å². The molecule has 7 nitrogen and oxygen atoms in total. The summed E-state index contributed by atoms with van der Waals surface area (Å²) in [4.78, 5) is 33.2. The van der Waals surface area contributed by atoms with E-state index in [1.165, 1.54) is 25.3 Å². The molecule has 2 amide bonds. The van der Waals surface area contributed by atoms with Crippen molar-refractivity contribution in [2.45, 2.75) is 11.3 Å². The van der Waals surface area contributed by atoms with Crippen LogP contribution in [0.3, 0.4) is 0 Å². The molecule has 0 radical (unpaired) electrons. The highest BCUT2D eigenvalue weighted by Gasteiger charge is 2.43. The fourth-order valence-corrected chi connectivity index (χ4v) is 2.23. The number of halogens is 1. The van der Waals surface area contributed by atoms with E-state index in [0.717, 1.165) is 0 Å². The molecule has 0 saturated carbocycles. The standard InChI is InChI=1S/C11H9ClN2O5/c1-19-7-3-2-5(14(17)18)4-6(7)8-9(12)11(16)13-10(8)15/h2-4,8-9H,1H3,(H,13,15,16). The smallest absolute Gasteiger partial charge is 0.269 e. The third kappa shape index (κ3) is 2.24. The van der Waals surface area contributed by atoms with Gasteiger partial charge in [0.15, 0.2) is 0 Å². The molecule has 1 saturated heterocycles. The maximum absolute atomic E-state index is 11.7. The highest BCUT2D eigenvalue weighted by molar-refractivity contribution is 6.37. The summed E-state index contributed by atoms with van der Waals surface area (Å²) in [7, 11) is 1.36. The van der Waals surface area contributed by atoms with Gasteiger partial charge in [0, 0.05) is 17.7 Å².